The molecule has 66 valence electrons. The van der Waals surface area contributed by atoms with Crippen LogP contribution in [0.1, 0.15) is 26.2 Å². The molecule has 1 saturated heterocycles. The Balaban J connectivity index is 2.43. The topological polar surface area (TPSA) is 32.7 Å². The number of rotatable bonds is 2. The molecule has 0 radical (unpaired) electrons. The summed E-state index contributed by atoms with van der Waals surface area (Å²) in [5.74, 6) is -1.06. The first kappa shape index (κ1) is 8.97. The largest absolute Gasteiger partial charge is 0.353 e. The molecule has 0 aromatic heterocycles. The van der Waals surface area contributed by atoms with Crippen molar-refractivity contribution in [2.24, 2.45) is 0 Å². The first-order valence-corrected chi connectivity index (χ1v) is 4.19. The van der Waals surface area contributed by atoms with Crippen LogP contribution in [0.3, 0.4) is 0 Å². The number of nitrogens with zero attached hydrogens (tertiary/aromatic N) is 1. The first-order chi connectivity index (χ1) is 5.17. The summed E-state index contributed by atoms with van der Waals surface area (Å²) in [4.78, 5) is 1.97. The highest BCUT2D eigenvalue weighted by atomic mass is 16.6. The molecular weight excluding hydrogens is 142 g/mol. The van der Waals surface area contributed by atoms with E-state index in [-0.39, 0.29) is 0 Å². The fraction of sp³-hybridized carbons (Fsp3) is 1.00. The van der Waals surface area contributed by atoms with Crippen LogP contribution < -0.4 is 0 Å². The van der Waals surface area contributed by atoms with Gasteiger partial charge in [0.2, 0.25) is 5.91 Å². The highest BCUT2D eigenvalue weighted by Crippen LogP contribution is 2.18. The fourth-order valence-electron chi connectivity index (χ4n) is 1.44. The van der Waals surface area contributed by atoms with Gasteiger partial charge in [0.25, 0.3) is 0 Å². The predicted octanol–water partition coefficient (Wildman–Crippen LogP) is 0.785. The summed E-state index contributed by atoms with van der Waals surface area (Å²) in [6.07, 6.45) is 3.61. The first-order valence-electron chi connectivity index (χ1n) is 4.19. The van der Waals surface area contributed by atoms with Crippen molar-refractivity contribution >= 4 is 0 Å². The summed E-state index contributed by atoms with van der Waals surface area (Å²) >= 11 is 0. The third-order valence-corrected chi connectivity index (χ3v) is 2.33. The van der Waals surface area contributed by atoms with E-state index in [0.717, 1.165) is 13.1 Å². The zero-order chi connectivity index (χ0) is 8.32. The quantitative estimate of drug-likeness (QED) is 0.604. The van der Waals surface area contributed by atoms with Gasteiger partial charge in [0, 0.05) is 27.1 Å². The molecule has 0 aliphatic carbocycles. The summed E-state index contributed by atoms with van der Waals surface area (Å²) in [5.41, 5.74) is 0. The van der Waals surface area contributed by atoms with Crippen molar-refractivity contribution in [2.75, 3.05) is 20.2 Å². The van der Waals surface area contributed by atoms with E-state index >= 15 is 0 Å². The normalized spacial score (nSPS) is 26.5. The summed E-state index contributed by atoms with van der Waals surface area (Å²) < 4.78 is 4.96. The number of aliphatic hydroxyl groups is 1. The molecule has 1 rings (SSSR count). The molecule has 3 heteroatoms. The molecule has 0 amide bonds. The van der Waals surface area contributed by atoms with Gasteiger partial charge in [0.05, 0.1) is 0 Å². The van der Waals surface area contributed by atoms with Gasteiger partial charge in [0.15, 0.2) is 0 Å². The Labute approximate surface area is 68.0 Å². The summed E-state index contributed by atoms with van der Waals surface area (Å²) in [5, 5.41) is 9.65. The summed E-state index contributed by atoms with van der Waals surface area (Å²) in [7, 11) is 1.54. The average molecular weight is 159 g/mol. The molecule has 1 fully saturated rings. The van der Waals surface area contributed by atoms with Crippen LogP contribution in [0, 0.1) is 0 Å². The highest BCUT2D eigenvalue weighted by molar-refractivity contribution is 4.69. The van der Waals surface area contributed by atoms with Crippen molar-refractivity contribution in [3.8, 4) is 0 Å². The number of methoxy groups -OCH3 is 1. The van der Waals surface area contributed by atoms with Gasteiger partial charge in [-0.25, -0.2) is 0 Å². The lowest BCUT2D eigenvalue weighted by molar-refractivity contribution is -0.271. The van der Waals surface area contributed by atoms with Gasteiger partial charge in [-0.05, 0) is 12.8 Å². The smallest absolute Gasteiger partial charge is 0.224 e. The van der Waals surface area contributed by atoms with Crippen molar-refractivity contribution in [3.63, 3.8) is 0 Å². The molecule has 0 saturated carbocycles. The van der Waals surface area contributed by atoms with Crippen LogP contribution in [-0.4, -0.2) is 36.1 Å². The van der Waals surface area contributed by atoms with Gasteiger partial charge in [-0.1, -0.05) is 6.42 Å². The van der Waals surface area contributed by atoms with Crippen molar-refractivity contribution in [1.82, 2.24) is 4.90 Å². The maximum Gasteiger partial charge on any atom is 0.224 e. The van der Waals surface area contributed by atoms with Crippen LogP contribution in [0.15, 0.2) is 0 Å². The van der Waals surface area contributed by atoms with Crippen molar-refractivity contribution in [1.29, 1.82) is 0 Å². The Hall–Kier alpha value is -0.120. The minimum absolute atomic E-state index is 0.945. The van der Waals surface area contributed by atoms with Gasteiger partial charge in [0.1, 0.15) is 0 Å². The third-order valence-electron chi connectivity index (χ3n) is 2.33. The Morgan fingerprint density at radius 1 is 1.27 bits per heavy atom. The number of ether oxygens (including phenoxy) is 1. The van der Waals surface area contributed by atoms with E-state index in [4.69, 9.17) is 4.74 Å². The molecule has 0 bridgehead atoms. The molecule has 1 heterocycles. The van der Waals surface area contributed by atoms with Crippen LogP contribution in [-0.2, 0) is 4.74 Å². The van der Waals surface area contributed by atoms with E-state index in [1.54, 1.807) is 6.92 Å². The van der Waals surface area contributed by atoms with Crippen LogP contribution >= 0.6 is 0 Å². The number of hydrogen-bond donors (Lipinski definition) is 1. The van der Waals surface area contributed by atoms with Crippen LogP contribution in [0.25, 0.3) is 0 Å². The predicted molar refractivity (Wildman–Crippen MR) is 43.1 cm³/mol. The Morgan fingerprint density at radius 3 is 2.27 bits per heavy atom. The zero-order valence-electron chi connectivity index (χ0n) is 7.34. The van der Waals surface area contributed by atoms with E-state index in [1.807, 2.05) is 4.90 Å². The standard InChI is InChI=1S/C8H17NO2/c1-8(10,11-2)9-6-4-3-5-7-9/h10H,3-7H2,1-2H3/t8-/m0/s1. The van der Waals surface area contributed by atoms with Crippen LogP contribution in [0.4, 0.5) is 0 Å². The molecule has 0 aromatic carbocycles. The molecule has 3 nitrogen and oxygen atoms in total. The molecule has 0 aromatic rings. The SMILES string of the molecule is CO[C@](C)(O)N1CCCCC1. The van der Waals surface area contributed by atoms with Gasteiger partial charge in [-0.2, -0.15) is 0 Å². The highest BCUT2D eigenvalue weighted by Gasteiger charge is 2.29. The van der Waals surface area contributed by atoms with Crippen molar-refractivity contribution < 1.29 is 9.84 Å². The van der Waals surface area contributed by atoms with Crippen molar-refractivity contribution in [3.05, 3.63) is 0 Å². The minimum Gasteiger partial charge on any atom is -0.353 e. The second-order valence-corrected chi connectivity index (χ2v) is 3.19. The van der Waals surface area contributed by atoms with E-state index in [1.165, 1.54) is 26.4 Å². The molecule has 1 N–H and O–H groups in total. The third kappa shape index (κ3) is 2.15. The van der Waals surface area contributed by atoms with E-state index in [9.17, 15) is 5.11 Å². The van der Waals surface area contributed by atoms with Crippen molar-refractivity contribution in [2.45, 2.75) is 32.1 Å². The molecule has 11 heavy (non-hydrogen) atoms. The number of hydrogen-bond acceptors (Lipinski definition) is 3. The molecular formula is C8H17NO2. The maximum atomic E-state index is 9.65. The molecule has 1 aliphatic heterocycles. The van der Waals surface area contributed by atoms with E-state index in [0.29, 0.717) is 0 Å². The van der Waals surface area contributed by atoms with Gasteiger partial charge in [-0.3, -0.25) is 4.90 Å². The van der Waals surface area contributed by atoms with Gasteiger partial charge in [-0.15, -0.1) is 0 Å². The Bertz CT molecular complexity index is 119. The lowest BCUT2D eigenvalue weighted by Gasteiger charge is -2.37. The fourth-order valence-corrected chi connectivity index (χ4v) is 1.44. The molecule has 0 spiro atoms. The lowest BCUT2D eigenvalue weighted by Crippen LogP contribution is -2.50. The number of piperidine rings is 1. The average Bonchev–Trinajstić information content (AvgIpc) is 2.06. The van der Waals surface area contributed by atoms with Crippen LogP contribution in [0.2, 0.25) is 0 Å². The van der Waals surface area contributed by atoms with Gasteiger partial charge >= 0.3 is 0 Å². The molecule has 1 aliphatic rings. The van der Waals surface area contributed by atoms with E-state index in [2.05, 4.69) is 0 Å². The molecule has 0 unspecified atom stereocenters. The minimum atomic E-state index is -1.06. The molecule has 1 atom stereocenters. The van der Waals surface area contributed by atoms with E-state index < -0.39 is 5.91 Å². The second kappa shape index (κ2) is 3.52. The van der Waals surface area contributed by atoms with Gasteiger partial charge < -0.3 is 9.84 Å². The maximum absolute atomic E-state index is 9.65. The number of likely N-dealkylation sites (tertiary alicyclic amines) is 1. The summed E-state index contributed by atoms with van der Waals surface area (Å²) in [6, 6.07) is 0. The summed E-state index contributed by atoms with van der Waals surface area (Å²) in [6.45, 7) is 3.58. The monoisotopic (exact) mass is 159 g/mol. The van der Waals surface area contributed by atoms with Crippen LogP contribution in [0.5, 0.6) is 0 Å². The zero-order valence-corrected chi connectivity index (χ0v) is 7.34. The lowest BCUT2D eigenvalue weighted by atomic mass is 10.1. The Kier molecular flexibility index (Phi) is 2.87. The Morgan fingerprint density at radius 2 is 1.82 bits per heavy atom. The second-order valence-electron chi connectivity index (χ2n) is 3.19.